The molecule has 0 aliphatic carbocycles. The molecule has 0 saturated heterocycles. The van der Waals surface area contributed by atoms with E-state index in [-0.39, 0.29) is 84.1 Å². The Hall–Kier alpha value is 2.11. The van der Waals surface area contributed by atoms with Crippen LogP contribution in [0.4, 0.5) is 0 Å². The maximum absolute atomic E-state index is 0. The summed E-state index contributed by atoms with van der Waals surface area (Å²) in [5, 5.41) is 0. The molecule has 34 valence electrons. The van der Waals surface area contributed by atoms with Gasteiger partial charge in [0.1, 0.15) is 0 Å². The predicted molar refractivity (Wildman–Crippen MR) is 7.81 cm³/mol. The molecule has 0 unspecified atom stereocenters. The topological polar surface area (TPSA) is 85.5 Å². The number of hydrogen-bond donors (Lipinski definition) is 0. The summed E-state index contributed by atoms with van der Waals surface area (Å²) in [5.41, 5.74) is 0. The van der Waals surface area contributed by atoms with Gasteiger partial charge in [0.05, 0.1) is 0 Å². The molecule has 0 aromatic heterocycles. The monoisotopic (exact) mass is 334 g/mol. The zero-order valence-electron chi connectivity index (χ0n) is 2.81. The third-order valence-electron chi connectivity index (χ3n) is 0. The van der Waals surface area contributed by atoms with Crippen molar-refractivity contribution in [2.45, 2.75) is 0 Å². The molecule has 0 bridgehead atoms. The van der Waals surface area contributed by atoms with Crippen LogP contribution in [-0.4, -0.2) is 25.8 Å². The summed E-state index contributed by atoms with van der Waals surface area (Å²) in [6, 6.07) is 0. The van der Waals surface area contributed by atoms with Crippen LogP contribution in [-0.2, 0) is 58.3 Å². The van der Waals surface area contributed by atoms with E-state index in [4.69, 9.17) is 0 Å². The summed E-state index contributed by atoms with van der Waals surface area (Å²) in [6.45, 7) is 0. The second kappa shape index (κ2) is 59.5. The summed E-state index contributed by atoms with van der Waals surface area (Å²) < 4.78 is 0. The van der Waals surface area contributed by atoms with Crippen molar-refractivity contribution in [1.29, 1.82) is 0 Å². The van der Waals surface area contributed by atoms with E-state index in [1.165, 1.54) is 0 Å². The Balaban J connectivity index is 0. The Morgan fingerprint density at radius 3 is 0.667 bits per heavy atom. The van der Waals surface area contributed by atoms with Gasteiger partial charge in [-0.15, -0.1) is 0 Å². The standard InChI is InChI=1S/Ag.In.3O.Zn/q+1;+3;3*-2;+2. The molecule has 0 aromatic carbocycles. The normalized spacial score (nSPS) is 0. The van der Waals surface area contributed by atoms with E-state index < -0.39 is 0 Å². The van der Waals surface area contributed by atoms with Crippen molar-refractivity contribution in [2.24, 2.45) is 0 Å². The maximum Gasteiger partial charge on any atom is 3.00 e. The molecule has 6 heteroatoms. The molecule has 0 aliphatic rings. The summed E-state index contributed by atoms with van der Waals surface area (Å²) in [5.74, 6) is 0. The van der Waals surface area contributed by atoms with Crippen LogP contribution in [0.15, 0.2) is 0 Å². The molecule has 0 amide bonds. The van der Waals surface area contributed by atoms with Gasteiger partial charge in [-0.2, -0.15) is 0 Å². The van der Waals surface area contributed by atoms with Gasteiger partial charge in [0.2, 0.25) is 0 Å². The van der Waals surface area contributed by atoms with E-state index >= 15 is 0 Å². The predicted octanol–water partition coefficient (Wildman–Crippen LogP) is -0.742. The Morgan fingerprint density at radius 2 is 0.667 bits per heavy atom. The average molecular weight is 336 g/mol. The molecule has 0 fully saturated rings. The first-order valence-corrected chi connectivity index (χ1v) is 0. The molecular formula is AgInO3Zn. The van der Waals surface area contributed by atoms with Crippen molar-refractivity contribution in [1.82, 2.24) is 0 Å². The van der Waals surface area contributed by atoms with Gasteiger partial charge in [-0.05, 0) is 0 Å². The fourth-order valence-corrected chi connectivity index (χ4v) is 0. The third kappa shape index (κ3) is 35.8. The first kappa shape index (κ1) is 91.9. The van der Waals surface area contributed by atoms with Crippen molar-refractivity contribution in [3.8, 4) is 0 Å². The second-order valence-corrected chi connectivity index (χ2v) is 0. The van der Waals surface area contributed by atoms with Crippen LogP contribution in [0, 0.1) is 0 Å². The van der Waals surface area contributed by atoms with E-state index in [0.29, 0.717) is 0 Å². The molecule has 0 aromatic rings. The van der Waals surface area contributed by atoms with E-state index in [2.05, 4.69) is 0 Å². The van der Waals surface area contributed by atoms with Crippen molar-refractivity contribution in [3.05, 3.63) is 0 Å². The molecule has 0 saturated carbocycles. The van der Waals surface area contributed by atoms with Crippen molar-refractivity contribution in [2.75, 3.05) is 0 Å². The Bertz CT molecular complexity index is 10.8. The Labute approximate surface area is 83.2 Å². The molecular weight excluding hydrogens is 336 g/mol. The van der Waals surface area contributed by atoms with E-state index in [1.54, 1.807) is 0 Å². The van der Waals surface area contributed by atoms with Crippen LogP contribution in [0.2, 0.25) is 0 Å². The van der Waals surface area contributed by atoms with Crippen LogP contribution >= 0.6 is 0 Å². The average Bonchev–Trinajstić information content (AvgIpc) is 0. The minimum absolute atomic E-state index is 0. The van der Waals surface area contributed by atoms with Crippen LogP contribution < -0.4 is 0 Å². The van der Waals surface area contributed by atoms with Gasteiger partial charge in [-0.1, -0.05) is 0 Å². The zero-order chi connectivity index (χ0) is 0. The Morgan fingerprint density at radius 1 is 0.667 bits per heavy atom. The van der Waals surface area contributed by atoms with Gasteiger partial charge in [-0.25, -0.2) is 0 Å². The van der Waals surface area contributed by atoms with Gasteiger partial charge in [0.15, 0.2) is 0 Å². The van der Waals surface area contributed by atoms with Crippen molar-refractivity contribution >= 4 is 25.8 Å². The van der Waals surface area contributed by atoms with Crippen LogP contribution in [0.5, 0.6) is 0 Å². The fraction of sp³-hybridized carbons (Fsp3) is 0. The molecule has 0 atom stereocenters. The minimum atomic E-state index is 0. The molecule has 0 aliphatic heterocycles. The SMILES string of the molecule is [Ag+].[In+3].[O-2].[O-2].[O-2].[Zn+2]. The van der Waals surface area contributed by atoms with Gasteiger partial charge in [0, 0.05) is 0 Å². The first-order valence-electron chi connectivity index (χ1n) is 0. The van der Waals surface area contributed by atoms with Gasteiger partial charge in [0.25, 0.3) is 0 Å². The summed E-state index contributed by atoms with van der Waals surface area (Å²) in [4.78, 5) is 0. The number of rotatable bonds is 0. The first-order chi connectivity index (χ1) is 0. The van der Waals surface area contributed by atoms with E-state index in [1.807, 2.05) is 0 Å². The molecule has 0 radical (unpaired) electrons. The zero-order valence-corrected chi connectivity index (χ0v) is 10.6. The maximum atomic E-state index is 0. The minimum Gasteiger partial charge on any atom is -2.00 e. The number of hydrogen-bond acceptors (Lipinski definition) is 0. The summed E-state index contributed by atoms with van der Waals surface area (Å²) >= 11 is 0. The quantitative estimate of drug-likeness (QED) is 0.522. The van der Waals surface area contributed by atoms with Crippen molar-refractivity contribution < 1.29 is 58.3 Å². The smallest absolute Gasteiger partial charge is 2.00 e. The van der Waals surface area contributed by atoms with Gasteiger partial charge >= 0.3 is 67.7 Å². The van der Waals surface area contributed by atoms with Gasteiger partial charge < -0.3 is 16.4 Å². The van der Waals surface area contributed by atoms with Gasteiger partial charge in [-0.3, -0.25) is 0 Å². The van der Waals surface area contributed by atoms with Crippen LogP contribution in [0.1, 0.15) is 0 Å². The molecule has 6 heavy (non-hydrogen) atoms. The van der Waals surface area contributed by atoms with Crippen LogP contribution in [0.25, 0.3) is 0 Å². The molecule has 0 heterocycles. The largest absolute Gasteiger partial charge is 3.00 e. The van der Waals surface area contributed by atoms with Crippen molar-refractivity contribution in [3.63, 3.8) is 0 Å². The molecule has 0 spiro atoms. The second-order valence-electron chi connectivity index (χ2n) is 0. The van der Waals surface area contributed by atoms with E-state index in [0.717, 1.165) is 0 Å². The molecule has 3 nitrogen and oxygen atoms in total. The summed E-state index contributed by atoms with van der Waals surface area (Å²) in [6.07, 6.45) is 0. The summed E-state index contributed by atoms with van der Waals surface area (Å²) in [7, 11) is 0. The fourth-order valence-electron chi connectivity index (χ4n) is 0. The van der Waals surface area contributed by atoms with Crippen LogP contribution in [0.3, 0.4) is 0 Å². The Kier molecular flexibility index (Phi) is 912. The van der Waals surface area contributed by atoms with E-state index in [9.17, 15) is 0 Å². The third-order valence-corrected chi connectivity index (χ3v) is 0. The molecule has 0 N–H and O–H groups in total. The molecule has 0 rings (SSSR count).